The van der Waals surface area contributed by atoms with Crippen molar-refractivity contribution in [2.24, 2.45) is 0 Å². The van der Waals surface area contributed by atoms with Crippen molar-refractivity contribution in [2.75, 3.05) is 38.0 Å². The van der Waals surface area contributed by atoms with Crippen LogP contribution in [0.1, 0.15) is 0 Å². The number of hydrogen-bond acceptors (Lipinski definition) is 4. The number of anilines is 1. The lowest BCUT2D eigenvalue weighted by Gasteiger charge is -2.22. The van der Waals surface area contributed by atoms with Crippen LogP contribution in [0.3, 0.4) is 0 Å². The standard InChI is InChI=1S/C16H19N3O3S.ClH/c1-17-9-10-18(2)15(20)11-19-13-7-3-5-12-6-4-8-14(16(12)13)23(19,21)22;/h3-8,17H,9-11H2,1-2H3;1H. The summed E-state index contributed by atoms with van der Waals surface area (Å²) in [5, 5.41) is 4.53. The Balaban J connectivity index is 0.00000208. The number of carbonyl (C=O) groups is 1. The van der Waals surface area contributed by atoms with E-state index in [1.54, 1.807) is 32.3 Å². The smallest absolute Gasteiger partial charge is 0.265 e. The van der Waals surface area contributed by atoms with Gasteiger partial charge in [-0.2, -0.15) is 0 Å². The Labute approximate surface area is 147 Å². The van der Waals surface area contributed by atoms with Crippen LogP contribution < -0.4 is 9.62 Å². The van der Waals surface area contributed by atoms with Crippen LogP contribution in [-0.4, -0.2) is 53.0 Å². The fourth-order valence-corrected chi connectivity index (χ4v) is 4.44. The van der Waals surface area contributed by atoms with Crippen molar-refractivity contribution in [3.63, 3.8) is 0 Å². The molecule has 8 heteroatoms. The number of rotatable bonds is 5. The van der Waals surface area contributed by atoms with Gasteiger partial charge in [-0.15, -0.1) is 12.4 Å². The number of nitrogens with zero attached hydrogens (tertiary/aromatic N) is 2. The van der Waals surface area contributed by atoms with Gasteiger partial charge in [-0.3, -0.25) is 9.10 Å². The molecule has 2 aromatic rings. The molecule has 0 saturated carbocycles. The molecule has 6 nitrogen and oxygen atoms in total. The number of carbonyl (C=O) groups excluding carboxylic acids is 1. The van der Waals surface area contributed by atoms with E-state index < -0.39 is 10.0 Å². The fraction of sp³-hybridized carbons (Fsp3) is 0.312. The van der Waals surface area contributed by atoms with E-state index in [1.165, 1.54) is 9.21 Å². The van der Waals surface area contributed by atoms with Crippen LogP contribution in [0.5, 0.6) is 0 Å². The Kier molecular flexibility index (Phi) is 5.37. The van der Waals surface area contributed by atoms with Crippen LogP contribution in [-0.2, 0) is 14.8 Å². The first-order valence-corrected chi connectivity index (χ1v) is 8.84. The summed E-state index contributed by atoms with van der Waals surface area (Å²) in [5.41, 5.74) is 0.577. The number of hydrogen-bond donors (Lipinski definition) is 1. The third-order valence-corrected chi connectivity index (χ3v) is 5.89. The van der Waals surface area contributed by atoms with Gasteiger partial charge in [0.05, 0.1) is 10.6 Å². The van der Waals surface area contributed by atoms with Crippen molar-refractivity contribution in [3.05, 3.63) is 36.4 Å². The van der Waals surface area contributed by atoms with Crippen molar-refractivity contribution in [1.82, 2.24) is 10.2 Å². The third kappa shape index (κ3) is 2.94. The van der Waals surface area contributed by atoms with E-state index >= 15 is 0 Å². The molecule has 0 saturated heterocycles. The summed E-state index contributed by atoms with van der Waals surface area (Å²) in [7, 11) is -0.195. The predicted octanol–water partition coefficient (Wildman–Crippen LogP) is 1.45. The van der Waals surface area contributed by atoms with Gasteiger partial charge < -0.3 is 10.2 Å². The van der Waals surface area contributed by atoms with Gasteiger partial charge in [0, 0.05) is 25.5 Å². The van der Waals surface area contributed by atoms with Crippen molar-refractivity contribution in [1.29, 1.82) is 0 Å². The predicted molar refractivity (Wildman–Crippen MR) is 97.3 cm³/mol. The molecule has 24 heavy (non-hydrogen) atoms. The minimum absolute atomic E-state index is 0. The summed E-state index contributed by atoms with van der Waals surface area (Å²) < 4.78 is 26.8. The molecule has 3 rings (SSSR count). The molecule has 1 aliphatic heterocycles. The molecule has 130 valence electrons. The van der Waals surface area contributed by atoms with Gasteiger partial charge in [0.2, 0.25) is 5.91 Å². The maximum Gasteiger partial charge on any atom is 0.265 e. The molecule has 0 radical (unpaired) electrons. The highest BCUT2D eigenvalue weighted by molar-refractivity contribution is 7.93. The molecule has 0 fully saturated rings. The van der Waals surface area contributed by atoms with Gasteiger partial charge in [0.15, 0.2) is 0 Å². The van der Waals surface area contributed by atoms with Crippen LogP contribution in [0.25, 0.3) is 10.8 Å². The van der Waals surface area contributed by atoms with E-state index in [1.807, 2.05) is 18.2 Å². The molecule has 1 heterocycles. The van der Waals surface area contributed by atoms with Crippen molar-refractivity contribution < 1.29 is 13.2 Å². The Morgan fingerprint density at radius 3 is 2.54 bits per heavy atom. The number of benzene rings is 2. The summed E-state index contributed by atoms with van der Waals surface area (Å²) in [6.45, 7) is 1.00. The maximum atomic E-state index is 12.8. The summed E-state index contributed by atoms with van der Waals surface area (Å²) in [5.74, 6) is -0.228. The topological polar surface area (TPSA) is 69.7 Å². The minimum atomic E-state index is -3.68. The van der Waals surface area contributed by atoms with Gasteiger partial charge >= 0.3 is 0 Å². The van der Waals surface area contributed by atoms with Gasteiger partial charge in [-0.1, -0.05) is 24.3 Å². The molecule has 0 aliphatic carbocycles. The van der Waals surface area contributed by atoms with E-state index in [9.17, 15) is 13.2 Å². The number of halogens is 1. The van der Waals surface area contributed by atoms with Gasteiger partial charge in [-0.25, -0.2) is 8.42 Å². The van der Waals surface area contributed by atoms with Crippen LogP contribution in [0.15, 0.2) is 41.3 Å². The van der Waals surface area contributed by atoms with Crippen molar-refractivity contribution in [3.8, 4) is 0 Å². The lowest BCUT2D eigenvalue weighted by atomic mass is 10.1. The van der Waals surface area contributed by atoms with Gasteiger partial charge in [0.25, 0.3) is 10.0 Å². The van der Waals surface area contributed by atoms with Crippen LogP contribution in [0, 0.1) is 0 Å². The molecular formula is C16H20ClN3O3S. The fourth-order valence-electron chi connectivity index (χ4n) is 2.78. The Bertz CT molecular complexity index is 865. The second kappa shape index (κ2) is 6.96. The molecular weight excluding hydrogens is 350 g/mol. The third-order valence-electron chi connectivity index (χ3n) is 4.08. The molecule has 0 atom stereocenters. The number of nitrogens with one attached hydrogen (secondary N) is 1. The average molecular weight is 370 g/mol. The number of sulfonamides is 1. The number of amides is 1. The zero-order chi connectivity index (χ0) is 16.6. The summed E-state index contributed by atoms with van der Waals surface area (Å²) in [4.78, 5) is 14.2. The Morgan fingerprint density at radius 2 is 1.88 bits per heavy atom. The second-order valence-electron chi connectivity index (χ2n) is 5.56. The van der Waals surface area contributed by atoms with Crippen LogP contribution in [0.4, 0.5) is 5.69 Å². The first-order chi connectivity index (χ1) is 11.0. The van der Waals surface area contributed by atoms with E-state index in [-0.39, 0.29) is 29.8 Å². The highest BCUT2D eigenvalue weighted by Gasteiger charge is 2.36. The molecule has 1 aliphatic rings. The maximum absolute atomic E-state index is 12.8. The van der Waals surface area contributed by atoms with E-state index in [2.05, 4.69) is 5.32 Å². The first kappa shape index (κ1) is 18.5. The van der Waals surface area contributed by atoms with Crippen molar-refractivity contribution in [2.45, 2.75) is 4.90 Å². The molecule has 0 unspecified atom stereocenters. The lowest BCUT2D eigenvalue weighted by molar-refractivity contribution is -0.128. The highest BCUT2D eigenvalue weighted by Crippen LogP contribution is 2.41. The van der Waals surface area contributed by atoms with E-state index in [4.69, 9.17) is 0 Å². The van der Waals surface area contributed by atoms with Gasteiger partial charge in [-0.05, 0) is 24.6 Å². The molecule has 1 N–H and O–H groups in total. The summed E-state index contributed by atoms with van der Waals surface area (Å²) in [6, 6.07) is 10.6. The van der Waals surface area contributed by atoms with Crippen LogP contribution in [0.2, 0.25) is 0 Å². The highest BCUT2D eigenvalue weighted by atomic mass is 35.5. The Hall–Kier alpha value is -1.83. The first-order valence-electron chi connectivity index (χ1n) is 7.40. The monoisotopic (exact) mass is 369 g/mol. The van der Waals surface area contributed by atoms with Crippen molar-refractivity contribution >= 4 is 44.8 Å². The quantitative estimate of drug-likeness (QED) is 0.866. The summed E-state index contributed by atoms with van der Waals surface area (Å²) in [6.07, 6.45) is 0. The van der Waals surface area contributed by atoms with E-state index in [0.29, 0.717) is 24.2 Å². The molecule has 1 amide bonds. The van der Waals surface area contributed by atoms with Crippen LogP contribution >= 0.6 is 12.4 Å². The Morgan fingerprint density at radius 1 is 1.21 bits per heavy atom. The molecule has 0 spiro atoms. The second-order valence-corrected chi connectivity index (χ2v) is 7.39. The average Bonchev–Trinajstić information content (AvgIpc) is 2.76. The SMILES string of the molecule is CNCCN(C)C(=O)CN1c2cccc3cccc(c23)S1(=O)=O.Cl. The zero-order valence-corrected chi connectivity index (χ0v) is 15.2. The van der Waals surface area contributed by atoms with E-state index in [0.717, 1.165) is 5.39 Å². The van der Waals surface area contributed by atoms with Gasteiger partial charge in [0.1, 0.15) is 6.54 Å². The zero-order valence-electron chi connectivity index (χ0n) is 13.5. The molecule has 0 aromatic heterocycles. The minimum Gasteiger partial charge on any atom is -0.343 e. The molecule has 2 aromatic carbocycles. The normalized spacial score (nSPS) is 14.5. The summed E-state index contributed by atoms with van der Waals surface area (Å²) >= 11 is 0. The molecule has 0 bridgehead atoms. The number of likely N-dealkylation sites (N-methyl/N-ethyl adjacent to an activating group) is 2. The lowest BCUT2D eigenvalue weighted by Crippen LogP contribution is -2.41. The largest absolute Gasteiger partial charge is 0.343 e.